The van der Waals surface area contributed by atoms with Crippen molar-refractivity contribution in [2.45, 2.75) is 71.8 Å². The van der Waals surface area contributed by atoms with Gasteiger partial charge in [-0.25, -0.2) is 0 Å². The second kappa shape index (κ2) is 11.0. The quantitative estimate of drug-likeness (QED) is 0.468. The molecule has 1 saturated carbocycles. The molecule has 0 saturated heterocycles. The van der Waals surface area contributed by atoms with Crippen LogP contribution in [0.3, 0.4) is 0 Å². The average Bonchev–Trinajstić information content (AvgIpc) is 2.68. The number of carbonyl (C=O) groups is 3. The first kappa shape index (κ1) is 22.1. The topological polar surface area (TPSA) is 63.7 Å². The number of Topliss-reactive ketones (excluding diaryl/α,β-unsaturated/α-hetero) is 1. The summed E-state index contributed by atoms with van der Waals surface area (Å²) in [6, 6.07) is 7.58. The molecular weight excluding hydrogens is 354 g/mol. The third kappa shape index (κ3) is 6.47. The fourth-order valence-corrected chi connectivity index (χ4v) is 3.93. The summed E-state index contributed by atoms with van der Waals surface area (Å²) in [5.41, 5.74) is 1.74. The van der Waals surface area contributed by atoms with Crippen LogP contribution >= 0.6 is 0 Å². The third-order valence-electron chi connectivity index (χ3n) is 5.59. The number of hydrogen-bond donors (Lipinski definition) is 0. The van der Waals surface area contributed by atoms with E-state index in [9.17, 15) is 14.4 Å². The Morgan fingerprint density at radius 3 is 2.36 bits per heavy atom. The van der Waals surface area contributed by atoms with Gasteiger partial charge in [0, 0.05) is 31.0 Å². The first-order chi connectivity index (χ1) is 13.4. The van der Waals surface area contributed by atoms with E-state index in [1.54, 1.807) is 6.92 Å². The molecule has 0 aromatic heterocycles. The van der Waals surface area contributed by atoms with Gasteiger partial charge in [0.05, 0.1) is 13.0 Å². The number of rotatable bonds is 9. The lowest BCUT2D eigenvalue weighted by Crippen LogP contribution is -2.46. The minimum absolute atomic E-state index is 0.0182. The molecule has 154 valence electrons. The predicted molar refractivity (Wildman–Crippen MR) is 109 cm³/mol. The van der Waals surface area contributed by atoms with Crippen molar-refractivity contribution in [1.29, 1.82) is 0 Å². The van der Waals surface area contributed by atoms with Gasteiger partial charge in [0.1, 0.15) is 0 Å². The van der Waals surface area contributed by atoms with E-state index in [2.05, 4.69) is 6.92 Å². The molecule has 0 radical (unpaired) electrons. The summed E-state index contributed by atoms with van der Waals surface area (Å²) >= 11 is 0. The van der Waals surface area contributed by atoms with Crippen LogP contribution in [-0.4, -0.2) is 41.8 Å². The molecule has 1 fully saturated rings. The number of esters is 1. The maximum atomic E-state index is 13.0. The summed E-state index contributed by atoms with van der Waals surface area (Å²) in [7, 11) is 0. The smallest absolute Gasteiger partial charge is 0.307 e. The molecule has 5 heteroatoms. The van der Waals surface area contributed by atoms with Crippen LogP contribution in [0.1, 0.15) is 74.7 Å². The average molecular weight is 388 g/mol. The van der Waals surface area contributed by atoms with Gasteiger partial charge < -0.3 is 9.64 Å². The highest BCUT2D eigenvalue weighted by molar-refractivity contribution is 5.98. The number of hydrogen-bond acceptors (Lipinski definition) is 4. The summed E-state index contributed by atoms with van der Waals surface area (Å²) in [5, 5.41) is 0. The first-order valence-electron chi connectivity index (χ1n) is 10.5. The van der Waals surface area contributed by atoms with Gasteiger partial charge >= 0.3 is 5.97 Å². The minimum atomic E-state index is -0.278. The molecule has 2 rings (SSSR count). The highest BCUT2D eigenvalue weighted by Gasteiger charge is 2.30. The van der Waals surface area contributed by atoms with Crippen LogP contribution in [0.2, 0.25) is 0 Å². The Bertz CT molecular complexity index is 668. The van der Waals surface area contributed by atoms with Gasteiger partial charge in [-0.1, -0.05) is 49.6 Å². The van der Waals surface area contributed by atoms with E-state index < -0.39 is 0 Å². The largest absolute Gasteiger partial charge is 0.466 e. The van der Waals surface area contributed by atoms with Crippen molar-refractivity contribution < 1.29 is 19.1 Å². The summed E-state index contributed by atoms with van der Waals surface area (Å²) in [4.78, 5) is 39.0. The molecule has 0 N–H and O–H groups in total. The van der Waals surface area contributed by atoms with Gasteiger partial charge in [-0.15, -0.1) is 0 Å². The van der Waals surface area contributed by atoms with Gasteiger partial charge in [0.2, 0.25) is 5.91 Å². The van der Waals surface area contributed by atoms with Gasteiger partial charge in [-0.2, -0.15) is 0 Å². The van der Waals surface area contributed by atoms with Crippen molar-refractivity contribution in [3.63, 3.8) is 0 Å². The summed E-state index contributed by atoms with van der Waals surface area (Å²) < 4.78 is 5.02. The van der Waals surface area contributed by atoms with Crippen LogP contribution in [0.4, 0.5) is 0 Å². The fraction of sp³-hybridized carbons (Fsp3) is 0.609. The molecule has 1 amide bonds. The number of aryl methyl sites for hydroxylation is 1. The van der Waals surface area contributed by atoms with E-state index in [1.807, 2.05) is 36.1 Å². The Morgan fingerprint density at radius 1 is 1.04 bits per heavy atom. The Balaban J connectivity index is 1.99. The number of ketones is 1. The number of ether oxygens (including phenoxy) is 1. The van der Waals surface area contributed by atoms with Crippen molar-refractivity contribution in [3.05, 3.63) is 35.4 Å². The SMILES string of the molecule is CCOC(=O)CCN(C(=O)CCC(=O)c1ccc(C)cc1)C1CCCCC1C. The van der Waals surface area contributed by atoms with Crippen molar-refractivity contribution in [3.8, 4) is 0 Å². The van der Waals surface area contributed by atoms with Crippen molar-refractivity contribution in [2.75, 3.05) is 13.2 Å². The van der Waals surface area contributed by atoms with Crippen LogP contribution in [0.25, 0.3) is 0 Å². The van der Waals surface area contributed by atoms with E-state index in [1.165, 1.54) is 6.42 Å². The summed E-state index contributed by atoms with van der Waals surface area (Å²) in [5.74, 6) is 0.0751. The lowest BCUT2D eigenvalue weighted by molar-refractivity contribution is -0.145. The maximum Gasteiger partial charge on any atom is 0.307 e. The molecule has 1 aromatic rings. The standard InChI is InChI=1S/C23H33NO4/c1-4-28-23(27)15-16-24(20-8-6-5-7-18(20)3)22(26)14-13-21(25)19-11-9-17(2)10-12-19/h9-12,18,20H,4-8,13-16H2,1-3H3. The van der Waals surface area contributed by atoms with Gasteiger partial charge in [-0.3, -0.25) is 14.4 Å². The molecule has 2 unspecified atom stereocenters. The monoisotopic (exact) mass is 387 g/mol. The Kier molecular flexibility index (Phi) is 8.68. The minimum Gasteiger partial charge on any atom is -0.466 e. The fourth-order valence-electron chi connectivity index (χ4n) is 3.93. The molecule has 1 aromatic carbocycles. The number of carbonyl (C=O) groups excluding carboxylic acids is 3. The first-order valence-corrected chi connectivity index (χ1v) is 10.5. The van der Waals surface area contributed by atoms with E-state index in [0.717, 1.165) is 24.8 Å². The summed E-state index contributed by atoms with van der Waals surface area (Å²) in [6.45, 7) is 6.64. The Morgan fingerprint density at radius 2 is 1.71 bits per heavy atom. The van der Waals surface area contributed by atoms with Crippen molar-refractivity contribution in [1.82, 2.24) is 4.90 Å². The van der Waals surface area contributed by atoms with Crippen LogP contribution < -0.4 is 0 Å². The van der Waals surface area contributed by atoms with Crippen molar-refractivity contribution in [2.24, 2.45) is 5.92 Å². The Hall–Kier alpha value is -2.17. The second-order valence-corrected chi connectivity index (χ2v) is 7.76. The highest BCUT2D eigenvalue weighted by Crippen LogP contribution is 2.29. The van der Waals surface area contributed by atoms with Gasteiger partial charge in [-0.05, 0) is 32.6 Å². The Labute approximate surface area is 168 Å². The molecule has 0 aliphatic heterocycles. The molecule has 1 aliphatic carbocycles. The third-order valence-corrected chi connectivity index (χ3v) is 5.59. The van der Waals surface area contributed by atoms with E-state index >= 15 is 0 Å². The van der Waals surface area contributed by atoms with E-state index in [0.29, 0.717) is 24.6 Å². The van der Waals surface area contributed by atoms with Crippen LogP contribution in [0.15, 0.2) is 24.3 Å². The highest BCUT2D eigenvalue weighted by atomic mass is 16.5. The molecule has 0 bridgehead atoms. The van der Waals surface area contributed by atoms with Crippen molar-refractivity contribution >= 4 is 17.7 Å². The van der Waals surface area contributed by atoms with Crippen LogP contribution in [0.5, 0.6) is 0 Å². The van der Waals surface area contributed by atoms with Crippen LogP contribution in [-0.2, 0) is 14.3 Å². The van der Waals surface area contributed by atoms with E-state index in [-0.39, 0.29) is 43.0 Å². The number of benzene rings is 1. The molecule has 0 spiro atoms. The molecule has 28 heavy (non-hydrogen) atoms. The lowest BCUT2D eigenvalue weighted by Gasteiger charge is -2.38. The zero-order valence-electron chi connectivity index (χ0n) is 17.4. The normalized spacial score (nSPS) is 19.1. The molecule has 1 aliphatic rings. The predicted octanol–water partition coefficient (Wildman–Crippen LogP) is 4.32. The molecule has 5 nitrogen and oxygen atoms in total. The molecule has 2 atom stereocenters. The lowest BCUT2D eigenvalue weighted by atomic mass is 9.84. The van der Waals surface area contributed by atoms with Gasteiger partial charge in [0.15, 0.2) is 5.78 Å². The van der Waals surface area contributed by atoms with Gasteiger partial charge in [0.25, 0.3) is 0 Å². The number of nitrogens with zero attached hydrogens (tertiary/aromatic N) is 1. The molecule has 0 heterocycles. The van der Waals surface area contributed by atoms with Crippen LogP contribution in [0, 0.1) is 12.8 Å². The maximum absolute atomic E-state index is 13.0. The second-order valence-electron chi connectivity index (χ2n) is 7.76. The summed E-state index contributed by atoms with van der Waals surface area (Å²) in [6.07, 6.45) is 4.91. The van der Waals surface area contributed by atoms with E-state index in [4.69, 9.17) is 4.74 Å². The zero-order valence-corrected chi connectivity index (χ0v) is 17.4. The molecular formula is C23H33NO4. The zero-order chi connectivity index (χ0) is 20.5. The number of amides is 1.